The van der Waals surface area contributed by atoms with Crippen LogP contribution in [0.3, 0.4) is 0 Å². The van der Waals surface area contributed by atoms with Crippen LogP contribution in [0.4, 0.5) is 14.6 Å². The third-order valence-electron chi connectivity index (χ3n) is 3.30. The fourth-order valence-electron chi connectivity index (χ4n) is 2.26. The molecule has 10 heteroatoms. The van der Waals surface area contributed by atoms with Gasteiger partial charge in [-0.2, -0.15) is 5.10 Å². The SMILES string of the molecule is Cc1cc(C)n(-c2cc(NS(=O)(=O)c3cc(F)ccc3F)ncn2)n1. The molecule has 3 rings (SSSR count). The minimum Gasteiger partial charge on any atom is -0.263 e. The lowest BCUT2D eigenvalue weighted by Crippen LogP contribution is -2.16. The van der Waals surface area contributed by atoms with Crippen molar-refractivity contribution in [1.29, 1.82) is 0 Å². The summed E-state index contributed by atoms with van der Waals surface area (Å²) in [5.74, 6) is -1.70. The number of hydrogen-bond acceptors (Lipinski definition) is 5. The van der Waals surface area contributed by atoms with E-state index < -0.39 is 26.6 Å². The maximum absolute atomic E-state index is 13.7. The molecule has 0 amide bonds. The van der Waals surface area contributed by atoms with E-state index >= 15 is 0 Å². The average Bonchev–Trinajstić information content (AvgIpc) is 2.88. The molecular weight excluding hydrogens is 352 g/mol. The lowest BCUT2D eigenvalue weighted by atomic mass is 10.3. The van der Waals surface area contributed by atoms with Gasteiger partial charge in [-0.15, -0.1) is 0 Å². The van der Waals surface area contributed by atoms with E-state index in [1.54, 1.807) is 6.92 Å². The second-order valence-corrected chi connectivity index (χ2v) is 6.93. The smallest absolute Gasteiger partial charge is 0.263 e. The van der Waals surface area contributed by atoms with Gasteiger partial charge in [0.2, 0.25) is 0 Å². The van der Waals surface area contributed by atoms with Crippen LogP contribution in [-0.4, -0.2) is 28.2 Å². The van der Waals surface area contributed by atoms with Crippen molar-refractivity contribution in [2.24, 2.45) is 0 Å². The molecule has 0 saturated carbocycles. The molecule has 7 nitrogen and oxygen atoms in total. The highest BCUT2D eigenvalue weighted by molar-refractivity contribution is 7.92. The van der Waals surface area contributed by atoms with Gasteiger partial charge in [-0.1, -0.05) is 0 Å². The number of aromatic nitrogens is 4. The van der Waals surface area contributed by atoms with Gasteiger partial charge in [0, 0.05) is 11.8 Å². The van der Waals surface area contributed by atoms with Gasteiger partial charge in [0.05, 0.1) is 5.69 Å². The van der Waals surface area contributed by atoms with Gasteiger partial charge in [-0.05, 0) is 38.1 Å². The monoisotopic (exact) mass is 365 g/mol. The maximum atomic E-state index is 13.7. The van der Waals surface area contributed by atoms with Crippen molar-refractivity contribution in [3.63, 3.8) is 0 Å². The number of rotatable bonds is 4. The second kappa shape index (κ2) is 6.20. The lowest BCUT2D eigenvalue weighted by molar-refractivity contribution is 0.555. The van der Waals surface area contributed by atoms with Crippen LogP contribution in [-0.2, 0) is 10.0 Å². The first kappa shape index (κ1) is 17.0. The van der Waals surface area contributed by atoms with E-state index in [9.17, 15) is 17.2 Å². The second-order valence-electron chi connectivity index (χ2n) is 5.28. The zero-order valence-electron chi connectivity index (χ0n) is 13.2. The Morgan fingerprint density at radius 3 is 2.52 bits per heavy atom. The minimum atomic E-state index is -4.36. The molecule has 0 unspecified atom stereocenters. The molecule has 130 valence electrons. The molecule has 0 aliphatic rings. The molecule has 2 heterocycles. The third-order valence-corrected chi connectivity index (χ3v) is 4.67. The van der Waals surface area contributed by atoms with Gasteiger partial charge in [0.15, 0.2) is 5.82 Å². The number of benzene rings is 1. The average molecular weight is 365 g/mol. The first-order chi connectivity index (χ1) is 11.8. The van der Waals surface area contributed by atoms with Crippen LogP contribution in [0.15, 0.2) is 41.6 Å². The Bertz CT molecular complexity index is 1050. The predicted molar refractivity (Wildman–Crippen MR) is 85.8 cm³/mol. The summed E-state index contributed by atoms with van der Waals surface area (Å²) in [5.41, 5.74) is 1.56. The number of nitrogens with one attached hydrogen (secondary N) is 1. The van der Waals surface area contributed by atoms with Crippen LogP contribution in [0.25, 0.3) is 5.82 Å². The summed E-state index contributed by atoms with van der Waals surface area (Å²) in [6.45, 7) is 3.62. The first-order valence-electron chi connectivity index (χ1n) is 7.10. The zero-order valence-corrected chi connectivity index (χ0v) is 14.1. The molecule has 0 spiro atoms. The molecule has 1 N–H and O–H groups in total. The van der Waals surface area contributed by atoms with E-state index in [1.807, 2.05) is 13.0 Å². The van der Waals surface area contributed by atoms with Crippen LogP contribution < -0.4 is 4.72 Å². The summed E-state index contributed by atoms with van der Waals surface area (Å²) in [4.78, 5) is 7.04. The molecule has 0 aliphatic heterocycles. The molecule has 3 aromatic rings. The summed E-state index contributed by atoms with van der Waals surface area (Å²) >= 11 is 0. The fraction of sp³-hybridized carbons (Fsp3) is 0.133. The fourth-order valence-corrected chi connectivity index (χ4v) is 3.34. The summed E-state index contributed by atoms with van der Waals surface area (Å²) in [5, 5.41) is 4.24. The number of nitrogens with zero attached hydrogens (tertiary/aromatic N) is 4. The maximum Gasteiger partial charge on any atom is 0.266 e. The van der Waals surface area contributed by atoms with Crippen LogP contribution in [0.5, 0.6) is 0 Å². The number of sulfonamides is 1. The first-order valence-corrected chi connectivity index (χ1v) is 8.58. The van der Waals surface area contributed by atoms with Gasteiger partial charge < -0.3 is 0 Å². The van der Waals surface area contributed by atoms with Crippen LogP contribution >= 0.6 is 0 Å². The van der Waals surface area contributed by atoms with Gasteiger partial charge in [0.25, 0.3) is 10.0 Å². The standard InChI is InChI=1S/C15H13F2N5O2S/c1-9-5-10(2)22(20-9)15-7-14(18-8-19-15)21-25(23,24)13-6-11(16)3-4-12(13)17/h3-8H,1-2H3,(H,18,19,21). The Balaban J connectivity index is 1.97. The molecule has 0 radical (unpaired) electrons. The highest BCUT2D eigenvalue weighted by Crippen LogP contribution is 2.20. The van der Waals surface area contributed by atoms with Gasteiger partial charge in [-0.25, -0.2) is 31.8 Å². The molecule has 1 aromatic carbocycles. The molecule has 25 heavy (non-hydrogen) atoms. The molecular formula is C15H13F2N5O2S. The van der Waals surface area contributed by atoms with E-state index in [0.29, 0.717) is 11.9 Å². The Kier molecular flexibility index (Phi) is 4.21. The summed E-state index contributed by atoms with van der Waals surface area (Å²) < 4.78 is 55.2. The highest BCUT2D eigenvalue weighted by Gasteiger charge is 2.21. The zero-order chi connectivity index (χ0) is 18.2. The minimum absolute atomic E-state index is 0.0961. The van der Waals surface area contributed by atoms with Crippen molar-refractivity contribution in [2.45, 2.75) is 18.7 Å². The van der Waals surface area contributed by atoms with Crippen LogP contribution in [0.1, 0.15) is 11.4 Å². The summed E-state index contributed by atoms with van der Waals surface area (Å²) in [7, 11) is -4.36. The Morgan fingerprint density at radius 2 is 1.84 bits per heavy atom. The van der Waals surface area contributed by atoms with Crippen LogP contribution in [0, 0.1) is 25.5 Å². The molecule has 2 aromatic heterocycles. The normalized spacial score (nSPS) is 11.5. The van der Waals surface area contributed by atoms with Crippen molar-refractivity contribution < 1.29 is 17.2 Å². The third kappa shape index (κ3) is 3.48. The van der Waals surface area contributed by atoms with Gasteiger partial charge in [0.1, 0.15) is 28.7 Å². The highest BCUT2D eigenvalue weighted by atomic mass is 32.2. The van der Waals surface area contributed by atoms with E-state index in [1.165, 1.54) is 10.7 Å². The Labute approximate surface area is 142 Å². The molecule has 0 aliphatic carbocycles. The predicted octanol–water partition coefficient (Wildman–Crippen LogP) is 2.36. The van der Waals surface area contributed by atoms with Crippen molar-refractivity contribution in [2.75, 3.05) is 4.72 Å². The van der Waals surface area contributed by atoms with E-state index in [2.05, 4.69) is 19.8 Å². The van der Waals surface area contributed by atoms with Crippen LogP contribution in [0.2, 0.25) is 0 Å². The van der Waals surface area contributed by atoms with E-state index in [-0.39, 0.29) is 5.82 Å². The van der Waals surface area contributed by atoms with E-state index in [4.69, 9.17) is 0 Å². The summed E-state index contributed by atoms with van der Waals surface area (Å²) in [6.07, 6.45) is 1.14. The Hall–Kier alpha value is -2.88. The molecule has 0 bridgehead atoms. The van der Waals surface area contributed by atoms with Crippen molar-refractivity contribution >= 4 is 15.8 Å². The number of hydrogen-bond donors (Lipinski definition) is 1. The molecule has 0 saturated heterocycles. The molecule has 0 fully saturated rings. The number of aryl methyl sites for hydroxylation is 2. The number of halogens is 2. The van der Waals surface area contributed by atoms with Crippen molar-refractivity contribution in [3.8, 4) is 5.82 Å². The number of anilines is 1. The van der Waals surface area contributed by atoms with Gasteiger partial charge in [-0.3, -0.25) is 4.72 Å². The van der Waals surface area contributed by atoms with Gasteiger partial charge >= 0.3 is 0 Å². The van der Waals surface area contributed by atoms with E-state index in [0.717, 1.165) is 29.8 Å². The van der Waals surface area contributed by atoms with Crippen molar-refractivity contribution in [3.05, 3.63) is 59.7 Å². The molecule has 0 atom stereocenters. The Morgan fingerprint density at radius 1 is 1.08 bits per heavy atom. The van der Waals surface area contributed by atoms with Crippen molar-refractivity contribution in [1.82, 2.24) is 19.7 Å². The quantitative estimate of drug-likeness (QED) is 0.767. The largest absolute Gasteiger partial charge is 0.266 e. The lowest BCUT2D eigenvalue weighted by Gasteiger charge is -2.09. The topological polar surface area (TPSA) is 89.8 Å². The summed E-state index contributed by atoms with van der Waals surface area (Å²) in [6, 6.07) is 5.34.